The number of aromatic nitrogens is 3. The highest BCUT2D eigenvalue weighted by Gasteiger charge is 2.19. The monoisotopic (exact) mass is 428 g/mol. The van der Waals surface area contributed by atoms with E-state index >= 15 is 0 Å². The maximum atomic E-state index is 12.4. The summed E-state index contributed by atoms with van der Waals surface area (Å²) in [6.45, 7) is 8.42. The molecule has 0 aliphatic rings. The number of hydrogen-bond donors (Lipinski definition) is 1. The predicted molar refractivity (Wildman–Crippen MR) is 121 cm³/mol. The molecule has 29 heavy (non-hydrogen) atoms. The number of hydrogen-bond acceptors (Lipinski definition) is 5. The molecule has 1 aromatic carbocycles. The maximum absolute atomic E-state index is 12.4. The summed E-state index contributed by atoms with van der Waals surface area (Å²) in [5, 5.41) is 14.8. The molecule has 1 unspecified atom stereocenters. The number of carbonyl (C=O) groups is 1. The van der Waals surface area contributed by atoms with E-state index < -0.39 is 0 Å². The first-order valence-corrected chi connectivity index (χ1v) is 11.9. The van der Waals surface area contributed by atoms with Crippen LogP contribution in [0.15, 0.2) is 46.9 Å². The van der Waals surface area contributed by atoms with Crippen LogP contribution >= 0.6 is 23.1 Å². The molecule has 1 amide bonds. The van der Waals surface area contributed by atoms with Crippen LogP contribution in [0.1, 0.15) is 56.6 Å². The van der Waals surface area contributed by atoms with Crippen molar-refractivity contribution in [2.24, 2.45) is 0 Å². The molecule has 2 heterocycles. The number of carbonyl (C=O) groups excluding carboxylic acids is 1. The standard InChI is InChI=1S/C22H28N4OS2/c1-5-9-19-12-18(13-28-19)21-24-25-22(26(21)15(2)3)29-14-20(27)23-16(4)17-10-7-6-8-11-17/h6-8,10-13,15-16H,5,9,14H2,1-4H3,(H,23,27). The molecule has 0 saturated carbocycles. The molecule has 1 atom stereocenters. The highest BCUT2D eigenvalue weighted by Crippen LogP contribution is 2.31. The summed E-state index contributed by atoms with van der Waals surface area (Å²) in [7, 11) is 0. The molecule has 0 radical (unpaired) electrons. The first-order chi connectivity index (χ1) is 14.0. The summed E-state index contributed by atoms with van der Waals surface area (Å²) >= 11 is 3.20. The fourth-order valence-corrected chi connectivity index (χ4v) is 5.00. The zero-order valence-electron chi connectivity index (χ0n) is 17.4. The fraction of sp³-hybridized carbons (Fsp3) is 0.409. The predicted octanol–water partition coefficient (Wildman–Crippen LogP) is 5.51. The van der Waals surface area contributed by atoms with E-state index in [9.17, 15) is 4.79 Å². The van der Waals surface area contributed by atoms with Gasteiger partial charge >= 0.3 is 0 Å². The quantitative estimate of drug-likeness (QED) is 0.457. The minimum Gasteiger partial charge on any atom is -0.349 e. The minimum atomic E-state index is -0.0226. The number of nitrogens with zero attached hydrogens (tertiary/aromatic N) is 3. The van der Waals surface area contributed by atoms with Gasteiger partial charge in [0.2, 0.25) is 5.91 Å². The Labute approximate surface area is 180 Å². The van der Waals surface area contributed by atoms with E-state index in [1.165, 1.54) is 16.6 Å². The van der Waals surface area contributed by atoms with E-state index in [1.807, 2.05) is 37.3 Å². The van der Waals surface area contributed by atoms with E-state index in [4.69, 9.17) is 0 Å². The third-order valence-electron chi connectivity index (χ3n) is 4.60. The molecule has 0 bridgehead atoms. The first kappa shape index (κ1) is 21.6. The van der Waals surface area contributed by atoms with Crippen LogP contribution in [0.4, 0.5) is 0 Å². The first-order valence-electron chi connectivity index (χ1n) is 9.99. The summed E-state index contributed by atoms with van der Waals surface area (Å²) in [6, 6.07) is 12.4. The van der Waals surface area contributed by atoms with Crippen LogP contribution in [0, 0.1) is 0 Å². The Bertz CT molecular complexity index is 933. The molecule has 3 aromatic rings. The largest absolute Gasteiger partial charge is 0.349 e. The van der Waals surface area contributed by atoms with Crippen LogP contribution in [0.3, 0.4) is 0 Å². The Hall–Kier alpha value is -2.12. The van der Waals surface area contributed by atoms with E-state index in [0.29, 0.717) is 5.75 Å². The average Bonchev–Trinajstić information content (AvgIpc) is 3.34. The van der Waals surface area contributed by atoms with Crippen molar-refractivity contribution in [1.29, 1.82) is 0 Å². The van der Waals surface area contributed by atoms with Gasteiger partial charge < -0.3 is 5.32 Å². The normalized spacial score (nSPS) is 12.3. The van der Waals surface area contributed by atoms with Crippen molar-refractivity contribution >= 4 is 29.0 Å². The van der Waals surface area contributed by atoms with Gasteiger partial charge in [0.25, 0.3) is 0 Å². The number of benzene rings is 1. The Morgan fingerprint density at radius 3 is 2.66 bits per heavy atom. The molecular weight excluding hydrogens is 400 g/mol. The molecule has 2 aromatic heterocycles. The number of amides is 1. The highest BCUT2D eigenvalue weighted by molar-refractivity contribution is 7.99. The van der Waals surface area contributed by atoms with Gasteiger partial charge in [-0.25, -0.2) is 0 Å². The molecule has 7 heteroatoms. The van der Waals surface area contributed by atoms with Crippen LogP contribution in [0.25, 0.3) is 11.4 Å². The van der Waals surface area contributed by atoms with E-state index in [1.54, 1.807) is 11.3 Å². The molecule has 1 N–H and O–H groups in total. The van der Waals surface area contributed by atoms with Crippen molar-refractivity contribution in [3.8, 4) is 11.4 Å². The molecule has 0 aliphatic carbocycles. The van der Waals surface area contributed by atoms with Gasteiger partial charge in [-0.3, -0.25) is 9.36 Å². The van der Waals surface area contributed by atoms with Crippen molar-refractivity contribution in [2.75, 3.05) is 5.75 Å². The van der Waals surface area contributed by atoms with E-state index in [0.717, 1.165) is 34.9 Å². The SMILES string of the molecule is CCCc1cc(-c2nnc(SCC(=O)NC(C)c3ccccc3)n2C(C)C)cs1. The van der Waals surface area contributed by atoms with Crippen molar-refractivity contribution in [3.05, 3.63) is 52.2 Å². The molecule has 0 saturated heterocycles. The van der Waals surface area contributed by atoms with Crippen LogP contribution in [-0.2, 0) is 11.2 Å². The minimum absolute atomic E-state index is 0.00743. The third kappa shape index (κ3) is 5.48. The summed E-state index contributed by atoms with van der Waals surface area (Å²) in [5.74, 6) is 1.18. The second-order valence-corrected chi connectivity index (χ2v) is 9.25. The van der Waals surface area contributed by atoms with Crippen molar-refractivity contribution in [3.63, 3.8) is 0 Å². The van der Waals surface area contributed by atoms with Crippen molar-refractivity contribution < 1.29 is 4.79 Å². The van der Waals surface area contributed by atoms with E-state index in [-0.39, 0.29) is 18.0 Å². The molecular formula is C22H28N4OS2. The highest BCUT2D eigenvalue weighted by atomic mass is 32.2. The molecule has 0 fully saturated rings. The van der Waals surface area contributed by atoms with Crippen LogP contribution < -0.4 is 5.32 Å². The van der Waals surface area contributed by atoms with Gasteiger partial charge in [0.15, 0.2) is 11.0 Å². The third-order valence-corrected chi connectivity index (χ3v) is 6.54. The fourth-order valence-electron chi connectivity index (χ4n) is 3.15. The average molecular weight is 429 g/mol. The lowest BCUT2D eigenvalue weighted by atomic mass is 10.1. The second-order valence-electron chi connectivity index (χ2n) is 7.31. The Morgan fingerprint density at radius 2 is 1.97 bits per heavy atom. The summed E-state index contributed by atoms with van der Waals surface area (Å²) in [4.78, 5) is 13.8. The summed E-state index contributed by atoms with van der Waals surface area (Å²) in [5.41, 5.74) is 2.20. The lowest BCUT2D eigenvalue weighted by Crippen LogP contribution is -2.28. The Kier molecular flexibility index (Phi) is 7.50. The maximum Gasteiger partial charge on any atom is 0.230 e. The molecule has 0 spiro atoms. The zero-order valence-corrected chi connectivity index (χ0v) is 19.0. The van der Waals surface area contributed by atoms with Gasteiger partial charge in [0.1, 0.15) is 0 Å². The molecule has 5 nitrogen and oxygen atoms in total. The Balaban J connectivity index is 1.67. The Morgan fingerprint density at radius 1 is 1.21 bits per heavy atom. The van der Waals surface area contributed by atoms with Gasteiger partial charge in [0.05, 0.1) is 11.8 Å². The van der Waals surface area contributed by atoms with Crippen molar-refractivity contribution in [2.45, 2.75) is 57.8 Å². The summed E-state index contributed by atoms with van der Waals surface area (Å²) in [6.07, 6.45) is 2.22. The zero-order chi connectivity index (χ0) is 20.8. The smallest absolute Gasteiger partial charge is 0.230 e. The number of rotatable bonds is 9. The molecule has 154 valence electrons. The van der Waals surface area contributed by atoms with Crippen LogP contribution in [0.5, 0.6) is 0 Å². The van der Waals surface area contributed by atoms with Gasteiger partial charge in [-0.2, -0.15) is 0 Å². The van der Waals surface area contributed by atoms with Gasteiger partial charge in [0, 0.05) is 21.9 Å². The number of nitrogens with one attached hydrogen (secondary N) is 1. The van der Waals surface area contributed by atoms with E-state index in [2.05, 4.69) is 52.3 Å². The van der Waals surface area contributed by atoms with Gasteiger partial charge in [-0.05, 0) is 38.8 Å². The second kappa shape index (κ2) is 10.1. The molecule has 3 rings (SSSR count). The van der Waals surface area contributed by atoms with Crippen molar-refractivity contribution in [1.82, 2.24) is 20.1 Å². The lowest BCUT2D eigenvalue weighted by Gasteiger charge is -2.15. The number of thioether (sulfide) groups is 1. The number of thiophene rings is 1. The number of aryl methyl sites for hydroxylation is 1. The molecule has 0 aliphatic heterocycles. The topological polar surface area (TPSA) is 59.8 Å². The van der Waals surface area contributed by atoms with Crippen LogP contribution in [-0.4, -0.2) is 26.4 Å². The summed E-state index contributed by atoms with van der Waals surface area (Å²) < 4.78 is 2.12. The lowest BCUT2D eigenvalue weighted by molar-refractivity contribution is -0.119. The van der Waals surface area contributed by atoms with Gasteiger partial charge in [-0.1, -0.05) is 55.4 Å². The van der Waals surface area contributed by atoms with Gasteiger partial charge in [-0.15, -0.1) is 21.5 Å². The van der Waals surface area contributed by atoms with Crippen LogP contribution in [0.2, 0.25) is 0 Å².